The van der Waals surface area contributed by atoms with Gasteiger partial charge in [-0.3, -0.25) is 4.79 Å². The molecule has 0 saturated carbocycles. The first kappa shape index (κ1) is 35.2. The van der Waals surface area contributed by atoms with Crippen molar-refractivity contribution in [2.75, 3.05) is 18.0 Å². The van der Waals surface area contributed by atoms with Crippen LogP contribution in [0.15, 0.2) is 56.6 Å². The normalized spacial score (nSPS) is 11.6. The number of hydrogen-bond donors (Lipinski definition) is 0. The van der Waals surface area contributed by atoms with Crippen LogP contribution in [0.2, 0.25) is 0 Å². The van der Waals surface area contributed by atoms with E-state index in [1.165, 1.54) is 24.3 Å². The summed E-state index contributed by atoms with van der Waals surface area (Å²) in [5.74, 6) is -11.1. The molecule has 0 aliphatic heterocycles. The van der Waals surface area contributed by atoms with Crippen molar-refractivity contribution in [3.8, 4) is 0 Å². The molecule has 0 fully saturated rings. The second kappa shape index (κ2) is 14.2. The van der Waals surface area contributed by atoms with E-state index in [9.17, 15) is 40.1 Å². The van der Waals surface area contributed by atoms with Crippen molar-refractivity contribution in [3.63, 3.8) is 0 Å². The molecule has 0 atom stereocenters. The van der Waals surface area contributed by atoms with Crippen LogP contribution in [-0.4, -0.2) is 31.8 Å². The van der Waals surface area contributed by atoms with Crippen LogP contribution in [-0.2, 0) is 10.1 Å². The van der Waals surface area contributed by atoms with Gasteiger partial charge in [0.25, 0.3) is 0 Å². The first-order chi connectivity index (χ1) is 20.3. The number of halogens is 4. The molecule has 4 aromatic rings. The Kier molecular flexibility index (Phi) is 11.4. The van der Waals surface area contributed by atoms with Crippen LogP contribution in [0.1, 0.15) is 59.3 Å². The zero-order valence-corrected chi connectivity index (χ0v) is 27.2. The molecule has 1 heterocycles. The molecule has 0 saturated heterocycles. The number of hydrogen-bond acceptors (Lipinski definition) is 7. The second-order valence-electron chi connectivity index (χ2n) is 9.79. The molecule has 0 bridgehead atoms. The summed E-state index contributed by atoms with van der Waals surface area (Å²) in [6.45, 7) is 7.69. The van der Waals surface area contributed by atoms with Crippen LogP contribution in [0.3, 0.4) is 0 Å². The zero-order chi connectivity index (χ0) is 31.6. The summed E-state index contributed by atoms with van der Waals surface area (Å²) in [4.78, 5) is 25.4. The summed E-state index contributed by atoms with van der Waals surface area (Å²) in [6.07, 6.45) is 4.98. The van der Waals surface area contributed by atoms with E-state index >= 15 is 0 Å². The Bertz CT molecular complexity index is 1890. The third-order valence-corrected chi connectivity index (χ3v) is 7.72. The van der Waals surface area contributed by atoms with Gasteiger partial charge < -0.3 is 13.9 Å². The van der Waals surface area contributed by atoms with E-state index in [0.717, 1.165) is 49.1 Å². The number of aryl methyl sites for hydroxylation is 1. The van der Waals surface area contributed by atoms with Gasteiger partial charge in [-0.05, 0) is 49.1 Å². The minimum Gasteiger partial charge on any atom is -0.744 e. The van der Waals surface area contributed by atoms with Gasteiger partial charge in [-0.25, -0.2) is 30.8 Å². The maximum absolute atomic E-state index is 14.4. The third kappa shape index (κ3) is 7.00. The molecule has 1 aromatic heterocycles. The molecule has 44 heavy (non-hydrogen) atoms. The minimum atomic E-state index is -5.91. The van der Waals surface area contributed by atoms with Gasteiger partial charge in [-0.2, -0.15) is 0 Å². The molecular weight excluding hydrogens is 613 g/mol. The number of ketones is 1. The number of carbonyl (C=O) groups is 1. The SMILES string of the molecule is CCCN(CCC)c1ccc2c(C)c(/C=C/c3ccc(C(=O)c4c(F)c(F)c(S(=O)(=O)[O-])c(F)c4F)cc3)c(=O)oc2c1.[Na+]. The fraction of sp³-hybridized carbons (Fsp3) is 0.226. The molecule has 7 nitrogen and oxygen atoms in total. The smallest absolute Gasteiger partial charge is 0.744 e. The van der Waals surface area contributed by atoms with Gasteiger partial charge in [0.15, 0.2) is 29.1 Å². The van der Waals surface area contributed by atoms with Gasteiger partial charge in [0, 0.05) is 35.8 Å². The standard InChI is InChI=1S/C31H27F4NO6S.Na/c1-4-14-36(15-5-2)20-11-13-21-17(3)22(31(38)42-23(21)16-20)12-8-18-6-9-19(10-7-18)29(37)24-25(32)27(34)30(43(39,40)41)28(35)26(24)33;/h6-13,16H,4-5,14-15H2,1-3H3,(H,39,40,41);/q;+1/p-1/b12-8+;. The summed E-state index contributed by atoms with van der Waals surface area (Å²) < 4.78 is 95.8. The average molecular weight is 640 g/mol. The van der Waals surface area contributed by atoms with Gasteiger partial charge in [-0.1, -0.05) is 44.2 Å². The number of benzene rings is 3. The maximum atomic E-state index is 14.4. The maximum Gasteiger partial charge on any atom is 1.00 e. The molecule has 13 heteroatoms. The molecule has 226 valence electrons. The minimum absolute atomic E-state index is 0. The molecule has 0 spiro atoms. The van der Waals surface area contributed by atoms with E-state index < -0.39 is 55.3 Å². The average Bonchev–Trinajstić information content (AvgIpc) is 2.95. The van der Waals surface area contributed by atoms with E-state index in [2.05, 4.69) is 18.7 Å². The molecule has 4 rings (SSSR count). The van der Waals surface area contributed by atoms with E-state index in [1.807, 2.05) is 18.2 Å². The Balaban J connectivity index is 0.00000529. The predicted octanol–water partition coefficient (Wildman–Crippen LogP) is 3.59. The van der Waals surface area contributed by atoms with Crippen LogP contribution in [0, 0.1) is 30.2 Å². The van der Waals surface area contributed by atoms with Gasteiger partial charge in [0.1, 0.15) is 26.2 Å². The first-order valence-electron chi connectivity index (χ1n) is 13.3. The summed E-state index contributed by atoms with van der Waals surface area (Å²) in [6, 6.07) is 10.6. The van der Waals surface area contributed by atoms with Crippen molar-refractivity contribution in [2.45, 2.75) is 38.5 Å². The number of nitrogens with zero attached hydrogens (tertiary/aromatic N) is 1. The van der Waals surface area contributed by atoms with Crippen LogP contribution >= 0.6 is 0 Å². The number of fused-ring (bicyclic) bond motifs is 1. The molecule has 0 radical (unpaired) electrons. The Morgan fingerprint density at radius 1 is 0.909 bits per heavy atom. The molecule has 3 aromatic carbocycles. The molecule has 0 aliphatic carbocycles. The van der Waals surface area contributed by atoms with Crippen LogP contribution < -0.4 is 40.1 Å². The van der Waals surface area contributed by atoms with Crippen molar-refractivity contribution in [1.82, 2.24) is 0 Å². The van der Waals surface area contributed by atoms with Gasteiger partial charge in [-0.15, -0.1) is 0 Å². The molecule has 0 N–H and O–H groups in total. The van der Waals surface area contributed by atoms with E-state index in [1.54, 1.807) is 6.92 Å². The molecule has 0 amide bonds. The largest absolute Gasteiger partial charge is 1.00 e. The van der Waals surface area contributed by atoms with Gasteiger partial charge in [0.2, 0.25) is 0 Å². The number of anilines is 1. The van der Waals surface area contributed by atoms with Crippen LogP contribution in [0.5, 0.6) is 0 Å². The summed E-state index contributed by atoms with van der Waals surface area (Å²) in [5, 5.41) is 0.746. The van der Waals surface area contributed by atoms with Crippen LogP contribution in [0.25, 0.3) is 23.1 Å². The Morgan fingerprint density at radius 2 is 1.48 bits per heavy atom. The van der Waals surface area contributed by atoms with Gasteiger partial charge in [0.05, 0.1) is 5.56 Å². The molecule has 0 aliphatic rings. The predicted molar refractivity (Wildman–Crippen MR) is 153 cm³/mol. The second-order valence-corrected chi connectivity index (χ2v) is 11.1. The molecular formula is C31H26F4NNaO6S. The van der Waals surface area contributed by atoms with Crippen LogP contribution in [0.4, 0.5) is 23.2 Å². The van der Waals surface area contributed by atoms with Crippen molar-refractivity contribution in [1.29, 1.82) is 0 Å². The van der Waals surface area contributed by atoms with Crippen molar-refractivity contribution in [3.05, 3.63) is 104 Å². The third-order valence-electron chi connectivity index (χ3n) is 6.86. The number of rotatable bonds is 10. The number of carbonyl (C=O) groups excluding carboxylic acids is 1. The monoisotopic (exact) mass is 639 g/mol. The zero-order valence-electron chi connectivity index (χ0n) is 24.3. The first-order valence-corrected chi connectivity index (χ1v) is 14.7. The summed E-state index contributed by atoms with van der Waals surface area (Å²) in [5.41, 5.74) is 0.168. The van der Waals surface area contributed by atoms with Crippen molar-refractivity contribution >= 4 is 44.7 Å². The fourth-order valence-corrected chi connectivity index (χ4v) is 5.38. The molecule has 0 unspecified atom stereocenters. The Morgan fingerprint density at radius 3 is 2.00 bits per heavy atom. The summed E-state index contributed by atoms with van der Waals surface area (Å²) >= 11 is 0. The van der Waals surface area contributed by atoms with E-state index in [-0.39, 0.29) is 40.7 Å². The topological polar surface area (TPSA) is 108 Å². The van der Waals surface area contributed by atoms with E-state index in [4.69, 9.17) is 4.42 Å². The Hall–Kier alpha value is -3.29. The summed E-state index contributed by atoms with van der Waals surface area (Å²) in [7, 11) is -5.91. The Labute approximate surface area is 273 Å². The van der Waals surface area contributed by atoms with Crippen molar-refractivity contribution in [2.24, 2.45) is 0 Å². The van der Waals surface area contributed by atoms with E-state index in [0.29, 0.717) is 16.7 Å². The fourth-order valence-electron chi connectivity index (χ4n) is 4.76. The quantitative estimate of drug-likeness (QED) is 0.0652. The van der Waals surface area contributed by atoms with Crippen molar-refractivity contribution < 1.29 is 69.3 Å². The van der Waals surface area contributed by atoms with Gasteiger partial charge >= 0.3 is 35.2 Å².